The molecule has 0 aliphatic carbocycles. The third-order valence-corrected chi connectivity index (χ3v) is 14.9. The highest BCUT2D eigenvalue weighted by atomic mass is 16.7. The summed E-state index contributed by atoms with van der Waals surface area (Å²) in [6.07, 6.45) is 80.1. The van der Waals surface area contributed by atoms with Gasteiger partial charge in [-0.15, -0.1) is 0 Å². The molecule has 1 N–H and O–H groups in total. The standard InChI is InChI=1S/C72H129NO8/c1-6-8-10-12-14-16-18-20-22-24-26-28-30-31-32-33-34-35-36-37-38-39-41-43-45-47-49-51-53-55-57-59-61-63-70(75)81-68(67-80-72(71(76)77)78-65-64-73(3,4)5)66-79-69(74)62-60-58-56-54-52-50-48-46-44-42-40-29-27-25-23-21-19-17-15-13-11-9-7-2/h8,10,14,16,19-22,25-28,68,72H,6-7,9,11-13,15,17-18,23-24,29-67H2,1-5H3/p+1/b10-8-,16-14-,21-19-,22-20-,27-25-,28-26-. The number of carbonyl (C=O) groups is 3. The Bertz CT molecular complexity index is 1560. The monoisotopic (exact) mass is 1140 g/mol. The van der Waals surface area contributed by atoms with Crippen molar-refractivity contribution < 1.29 is 42.9 Å². The molecule has 0 rings (SSSR count). The highest BCUT2D eigenvalue weighted by molar-refractivity contribution is 5.71. The first-order valence-electron chi connectivity index (χ1n) is 34.1. The molecular formula is C72H130NO8+. The lowest BCUT2D eigenvalue weighted by atomic mass is 10.0. The van der Waals surface area contributed by atoms with Gasteiger partial charge in [-0.3, -0.25) is 9.59 Å². The summed E-state index contributed by atoms with van der Waals surface area (Å²) in [4.78, 5) is 37.6. The van der Waals surface area contributed by atoms with E-state index in [1.165, 1.54) is 212 Å². The highest BCUT2D eigenvalue weighted by Crippen LogP contribution is 2.18. The van der Waals surface area contributed by atoms with Crippen LogP contribution in [0.3, 0.4) is 0 Å². The van der Waals surface area contributed by atoms with Crippen LogP contribution in [0.2, 0.25) is 0 Å². The minimum Gasteiger partial charge on any atom is -0.477 e. The molecule has 2 atom stereocenters. The second-order valence-electron chi connectivity index (χ2n) is 24.1. The molecule has 0 saturated carbocycles. The molecule has 0 aromatic heterocycles. The maximum absolute atomic E-state index is 12.9. The second kappa shape index (κ2) is 62.8. The minimum atomic E-state index is -1.51. The van der Waals surface area contributed by atoms with E-state index in [1.54, 1.807) is 0 Å². The third-order valence-electron chi connectivity index (χ3n) is 14.9. The Morgan fingerprint density at radius 3 is 1.05 bits per heavy atom. The number of carboxylic acids is 1. The summed E-state index contributed by atoms with van der Waals surface area (Å²) in [7, 11) is 5.98. The first-order chi connectivity index (χ1) is 39.6. The van der Waals surface area contributed by atoms with Gasteiger partial charge in [0.2, 0.25) is 0 Å². The zero-order valence-electron chi connectivity index (χ0n) is 53.7. The zero-order chi connectivity index (χ0) is 59.1. The fourth-order valence-corrected chi connectivity index (χ4v) is 9.74. The first kappa shape index (κ1) is 77.7. The topological polar surface area (TPSA) is 108 Å². The largest absolute Gasteiger partial charge is 0.477 e. The number of hydrogen-bond acceptors (Lipinski definition) is 7. The Kier molecular flexibility index (Phi) is 60.2. The van der Waals surface area contributed by atoms with E-state index in [9.17, 15) is 19.5 Å². The van der Waals surface area contributed by atoms with E-state index in [2.05, 4.69) is 86.8 Å². The van der Waals surface area contributed by atoms with Crippen molar-refractivity contribution in [1.82, 2.24) is 0 Å². The summed E-state index contributed by atoms with van der Waals surface area (Å²) in [6, 6.07) is 0. The van der Waals surface area contributed by atoms with Crippen LogP contribution in [0, 0.1) is 0 Å². The molecule has 0 spiro atoms. The minimum absolute atomic E-state index is 0.182. The second-order valence-corrected chi connectivity index (χ2v) is 24.1. The van der Waals surface area contributed by atoms with Crippen LogP contribution in [0.1, 0.15) is 309 Å². The number of nitrogens with zero attached hydrogens (tertiary/aromatic N) is 1. The van der Waals surface area contributed by atoms with Gasteiger partial charge in [0.1, 0.15) is 13.2 Å². The van der Waals surface area contributed by atoms with Crippen LogP contribution in [-0.4, -0.2) is 87.4 Å². The van der Waals surface area contributed by atoms with Crippen LogP contribution in [0.4, 0.5) is 0 Å². The number of carbonyl (C=O) groups excluding carboxylic acids is 2. The molecule has 9 nitrogen and oxygen atoms in total. The summed E-state index contributed by atoms with van der Waals surface area (Å²) in [5.74, 6) is -1.99. The van der Waals surface area contributed by atoms with Gasteiger partial charge in [-0.05, 0) is 83.5 Å². The summed E-state index contributed by atoms with van der Waals surface area (Å²) >= 11 is 0. The van der Waals surface area contributed by atoms with E-state index in [0.717, 1.165) is 70.6 Å². The number of allylic oxidation sites excluding steroid dienone is 12. The van der Waals surface area contributed by atoms with E-state index < -0.39 is 24.3 Å². The molecule has 0 aliphatic heterocycles. The van der Waals surface area contributed by atoms with Crippen molar-refractivity contribution in [3.05, 3.63) is 72.9 Å². The van der Waals surface area contributed by atoms with E-state index in [0.29, 0.717) is 17.4 Å². The maximum atomic E-state index is 12.9. The van der Waals surface area contributed by atoms with Gasteiger partial charge < -0.3 is 28.5 Å². The fourth-order valence-electron chi connectivity index (χ4n) is 9.74. The molecule has 0 amide bonds. The molecule has 0 aromatic carbocycles. The van der Waals surface area contributed by atoms with Gasteiger partial charge in [-0.2, -0.15) is 0 Å². The lowest BCUT2D eigenvalue weighted by Gasteiger charge is -2.25. The Morgan fingerprint density at radius 2 is 0.704 bits per heavy atom. The van der Waals surface area contributed by atoms with Crippen molar-refractivity contribution in [3.63, 3.8) is 0 Å². The van der Waals surface area contributed by atoms with Gasteiger partial charge in [-0.25, -0.2) is 4.79 Å². The summed E-state index contributed by atoms with van der Waals surface area (Å²) < 4.78 is 23.0. The normalized spacial score (nSPS) is 13.1. The smallest absolute Gasteiger partial charge is 0.361 e. The lowest BCUT2D eigenvalue weighted by Crippen LogP contribution is -2.40. The van der Waals surface area contributed by atoms with E-state index in [-0.39, 0.29) is 32.2 Å². The Morgan fingerprint density at radius 1 is 0.383 bits per heavy atom. The number of carboxylic acid groups (broad SMARTS) is 1. The van der Waals surface area contributed by atoms with Gasteiger partial charge in [0.25, 0.3) is 6.29 Å². The van der Waals surface area contributed by atoms with E-state index in [4.69, 9.17) is 18.9 Å². The van der Waals surface area contributed by atoms with Crippen molar-refractivity contribution in [2.24, 2.45) is 0 Å². The molecular weight excluding hydrogens is 1010 g/mol. The van der Waals surface area contributed by atoms with E-state index >= 15 is 0 Å². The van der Waals surface area contributed by atoms with Crippen molar-refractivity contribution in [2.45, 2.75) is 322 Å². The maximum Gasteiger partial charge on any atom is 0.361 e. The van der Waals surface area contributed by atoms with Crippen molar-refractivity contribution >= 4 is 17.9 Å². The van der Waals surface area contributed by atoms with Gasteiger partial charge in [0.15, 0.2) is 6.10 Å². The molecule has 0 heterocycles. The summed E-state index contributed by atoms with van der Waals surface area (Å²) in [6.45, 7) is 4.79. The number of hydrogen-bond donors (Lipinski definition) is 1. The number of unbranched alkanes of at least 4 members (excludes halogenated alkanes) is 36. The molecule has 0 bridgehead atoms. The number of quaternary nitrogens is 1. The van der Waals surface area contributed by atoms with Gasteiger partial charge >= 0.3 is 17.9 Å². The van der Waals surface area contributed by atoms with Crippen molar-refractivity contribution in [2.75, 3.05) is 47.5 Å². The fraction of sp³-hybridized carbons (Fsp3) is 0.792. The number of aliphatic carboxylic acids is 1. The lowest BCUT2D eigenvalue weighted by molar-refractivity contribution is -0.870. The molecule has 0 radical (unpaired) electrons. The van der Waals surface area contributed by atoms with Crippen molar-refractivity contribution in [3.8, 4) is 0 Å². The number of ether oxygens (including phenoxy) is 4. The third kappa shape index (κ3) is 64.1. The molecule has 0 saturated heterocycles. The van der Waals surface area contributed by atoms with Crippen LogP contribution < -0.4 is 0 Å². The Labute approximate surface area is 500 Å². The predicted octanol–water partition coefficient (Wildman–Crippen LogP) is 20.9. The average Bonchev–Trinajstić information content (AvgIpc) is 3.44. The van der Waals surface area contributed by atoms with Gasteiger partial charge in [0, 0.05) is 12.8 Å². The number of likely N-dealkylation sites (N-methyl/N-ethyl adjacent to an activating group) is 1. The highest BCUT2D eigenvalue weighted by Gasteiger charge is 2.25. The van der Waals surface area contributed by atoms with Crippen LogP contribution in [0.15, 0.2) is 72.9 Å². The molecule has 81 heavy (non-hydrogen) atoms. The molecule has 0 aromatic rings. The van der Waals surface area contributed by atoms with Crippen LogP contribution in [-0.2, 0) is 33.3 Å². The van der Waals surface area contributed by atoms with Gasteiger partial charge in [-0.1, -0.05) is 286 Å². The summed E-state index contributed by atoms with van der Waals surface area (Å²) in [5.41, 5.74) is 0. The Balaban J connectivity index is 4.09. The number of esters is 2. The molecule has 0 fully saturated rings. The predicted molar refractivity (Wildman–Crippen MR) is 346 cm³/mol. The molecule has 470 valence electrons. The molecule has 9 heteroatoms. The van der Waals surface area contributed by atoms with E-state index in [1.807, 2.05) is 21.1 Å². The van der Waals surface area contributed by atoms with Crippen LogP contribution in [0.25, 0.3) is 0 Å². The van der Waals surface area contributed by atoms with Crippen LogP contribution in [0.5, 0.6) is 0 Å². The number of rotatable bonds is 63. The van der Waals surface area contributed by atoms with Crippen LogP contribution >= 0.6 is 0 Å². The summed E-state index contributed by atoms with van der Waals surface area (Å²) in [5, 5.41) is 9.74. The Hall–Kier alpha value is -3.27. The zero-order valence-corrected chi connectivity index (χ0v) is 53.7. The molecule has 2 unspecified atom stereocenters. The van der Waals surface area contributed by atoms with Gasteiger partial charge in [0.05, 0.1) is 34.4 Å². The van der Waals surface area contributed by atoms with Crippen molar-refractivity contribution in [1.29, 1.82) is 0 Å². The molecule has 0 aliphatic rings. The average molecular weight is 1140 g/mol. The first-order valence-corrected chi connectivity index (χ1v) is 34.1. The SMILES string of the molecule is CC/C=C\C/C=C\C/C=C\C/C=C\CCCCCCCCCCCCCCCCCCCCCCC(=O)OC(COC(=O)CCCCCCCCCCCCC/C=C\C/C=C\CCCCCCC)COC(OCC[N+](C)(C)C)C(=O)O. The quantitative estimate of drug-likeness (QED) is 0.0211.